The molecule has 1 unspecified atom stereocenters. The number of aromatic nitrogens is 1. The number of ether oxygens (including phenoxy) is 1. The molecule has 1 atom stereocenters. The second-order valence-electron chi connectivity index (χ2n) is 7.81. The SMILES string of the molecule is COCCC[NH+](Cc1cccc(C)c1)Cc1cccn1Cc1cccc(C)c1. The summed E-state index contributed by atoms with van der Waals surface area (Å²) >= 11 is 0. The maximum Gasteiger partial charge on any atom is 0.118 e. The second-order valence-corrected chi connectivity index (χ2v) is 7.81. The molecule has 0 radical (unpaired) electrons. The van der Waals surface area contributed by atoms with Crippen LogP contribution >= 0.6 is 0 Å². The van der Waals surface area contributed by atoms with E-state index in [1.807, 2.05) is 0 Å². The van der Waals surface area contributed by atoms with Gasteiger partial charge in [0.15, 0.2) is 0 Å². The summed E-state index contributed by atoms with van der Waals surface area (Å²) in [5.41, 5.74) is 6.80. The van der Waals surface area contributed by atoms with E-state index in [2.05, 4.69) is 85.3 Å². The van der Waals surface area contributed by atoms with Crippen LogP contribution in [0, 0.1) is 13.8 Å². The van der Waals surface area contributed by atoms with E-state index >= 15 is 0 Å². The Morgan fingerprint density at radius 1 is 0.857 bits per heavy atom. The first kappa shape index (κ1) is 20.4. The molecule has 0 bridgehead atoms. The van der Waals surface area contributed by atoms with Crippen LogP contribution in [0.1, 0.15) is 34.4 Å². The summed E-state index contributed by atoms with van der Waals surface area (Å²) in [5, 5.41) is 0. The van der Waals surface area contributed by atoms with Gasteiger partial charge in [-0.1, -0.05) is 59.7 Å². The van der Waals surface area contributed by atoms with Gasteiger partial charge in [0.05, 0.1) is 18.8 Å². The molecule has 148 valence electrons. The Kier molecular flexibility index (Phi) is 7.46. The van der Waals surface area contributed by atoms with Crippen molar-refractivity contribution < 1.29 is 9.64 Å². The Balaban J connectivity index is 1.72. The van der Waals surface area contributed by atoms with Crippen LogP contribution in [0.25, 0.3) is 0 Å². The number of quaternary nitrogens is 1. The van der Waals surface area contributed by atoms with Gasteiger partial charge in [-0.2, -0.15) is 0 Å². The average molecular weight is 378 g/mol. The third kappa shape index (κ3) is 6.08. The lowest BCUT2D eigenvalue weighted by Gasteiger charge is -2.21. The Hall–Kier alpha value is -2.36. The van der Waals surface area contributed by atoms with Gasteiger partial charge in [0.2, 0.25) is 0 Å². The van der Waals surface area contributed by atoms with Gasteiger partial charge in [-0.05, 0) is 31.5 Å². The van der Waals surface area contributed by atoms with E-state index in [-0.39, 0.29) is 0 Å². The molecule has 28 heavy (non-hydrogen) atoms. The lowest BCUT2D eigenvalue weighted by molar-refractivity contribution is -0.928. The van der Waals surface area contributed by atoms with E-state index in [1.54, 1.807) is 12.0 Å². The summed E-state index contributed by atoms with van der Waals surface area (Å²) in [6.07, 6.45) is 3.29. The molecule has 0 amide bonds. The fourth-order valence-corrected chi connectivity index (χ4v) is 3.84. The summed E-state index contributed by atoms with van der Waals surface area (Å²) < 4.78 is 7.68. The van der Waals surface area contributed by atoms with Crippen LogP contribution in [-0.2, 0) is 24.4 Å². The first-order valence-electron chi connectivity index (χ1n) is 10.2. The molecule has 3 aromatic rings. The molecule has 0 saturated heterocycles. The van der Waals surface area contributed by atoms with E-state index in [4.69, 9.17) is 4.74 Å². The number of nitrogens with one attached hydrogen (secondary N) is 1. The minimum Gasteiger partial charge on any atom is -0.384 e. The normalized spacial score (nSPS) is 12.2. The largest absolute Gasteiger partial charge is 0.384 e. The quantitative estimate of drug-likeness (QED) is 0.533. The predicted octanol–water partition coefficient (Wildman–Crippen LogP) is 3.77. The highest BCUT2D eigenvalue weighted by Gasteiger charge is 2.14. The Labute approximate surface area is 169 Å². The molecule has 1 aromatic heterocycles. The summed E-state index contributed by atoms with van der Waals surface area (Å²) in [6, 6.07) is 22.1. The van der Waals surface area contributed by atoms with E-state index in [0.717, 1.165) is 39.2 Å². The maximum atomic E-state index is 5.29. The zero-order valence-electron chi connectivity index (χ0n) is 17.4. The number of hydrogen-bond donors (Lipinski definition) is 1. The number of rotatable bonds is 10. The standard InChI is InChI=1S/C25H32N2O/c1-21-8-4-10-23(16-21)18-26(13-7-15-28-3)20-25-12-6-14-27(25)19-24-11-5-9-22(2)17-24/h4-6,8-12,14,16-17H,7,13,15,18-20H2,1-3H3/p+1. The molecule has 3 heteroatoms. The summed E-state index contributed by atoms with van der Waals surface area (Å²) in [5.74, 6) is 0. The molecule has 2 aromatic carbocycles. The maximum absolute atomic E-state index is 5.29. The van der Waals surface area contributed by atoms with Crippen LogP contribution in [0.5, 0.6) is 0 Å². The Morgan fingerprint density at radius 2 is 1.57 bits per heavy atom. The van der Waals surface area contributed by atoms with Crippen molar-refractivity contribution in [3.8, 4) is 0 Å². The van der Waals surface area contributed by atoms with Gasteiger partial charge in [0.25, 0.3) is 0 Å². The molecule has 0 spiro atoms. The van der Waals surface area contributed by atoms with Crippen molar-refractivity contribution in [1.29, 1.82) is 0 Å². The fraction of sp³-hybridized carbons (Fsp3) is 0.360. The van der Waals surface area contributed by atoms with Crippen molar-refractivity contribution in [1.82, 2.24) is 4.57 Å². The third-order valence-corrected chi connectivity index (χ3v) is 5.21. The molecular formula is C25H33N2O+. The Bertz CT molecular complexity index is 868. The average Bonchev–Trinajstić information content (AvgIpc) is 3.08. The molecule has 3 nitrogen and oxygen atoms in total. The van der Waals surface area contributed by atoms with Crippen LogP contribution in [0.4, 0.5) is 0 Å². The smallest absolute Gasteiger partial charge is 0.118 e. The van der Waals surface area contributed by atoms with Gasteiger partial charge in [0, 0.05) is 31.8 Å². The molecule has 0 aliphatic rings. The van der Waals surface area contributed by atoms with Crippen molar-refractivity contribution in [2.45, 2.75) is 39.9 Å². The van der Waals surface area contributed by atoms with Crippen LogP contribution in [-0.4, -0.2) is 24.8 Å². The summed E-state index contributed by atoms with van der Waals surface area (Å²) in [6.45, 7) is 9.25. The van der Waals surface area contributed by atoms with Crippen LogP contribution < -0.4 is 4.90 Å². The van der Waals surface area contributed by atoms with Crippen molar-refractivity contribution in [2.24, 2.45) is 0 Å². The monoisotopic (exact) mass is 377 g/mol. The highest BCUT2D eigenvalue weighted by atomic mass is 16.5. The minimum atomic E-state index is 0.821. The number of methoxy groups -OCH3 is 1. The van der Waals surface area contributed by atoms with Gasteiger partial charge in [0.1, 0.15) is 13.1 Å². The van der Waals surface area contributed by atoms with Crippen LogP contribution in [0.3, 0.4) is 0 Å². The van der Waals surface area contributed by atoms with Gasteiger partial charge in [-0.25, -0.2) is 0 Å². The molecule has 1 heterocycles. The van der Waals surface area contributed by atoms with Gasteiger partial charge >= 0.3 is 0 Å². The first-order chi connectivity index (χ1) is 13.6. The summed E-state index contributed by atoms with van der Waals surface area (Å²) in [7, 11) is 1.78. The Morgan fingerprint density at radius 3 is 2.29 bits per heavy atom. The third-order valence-electron chi connectivity index (χ3n) is 5.21. The van der Waals surface area contributed by atoms with Crippen LogP contribution in [0.2, 0.25) is 0 Å². The predicted molar refractivity (Wildman–Crippen MR) is 116 cm³/mol. The zero-order valence-corrected chi connectivity index (χ0v) is 17.4. The van der Waals surface area contributed by atoms with Gasteiger partial charge in [-0.3, -0.25) is 0 Å². The lowest BCUT2D eigenvalue weighted by atomic mass is 10.1. The minimum absolute atomic E-state index is 0.821. The molecule has 0 fully saturated rings. The molecule has 1 N–H and O–H groups in total. The highest BCUT2D eigenvalue weighted by molar-refractivity contribution is 5.23. The molecule has 3 rings (SSSR count). The lowest BCUT2D eigenvalue weighted by Crippen LogP contribution is -3.09. The highest BCUT2D eigenvalue weighted by Crippen LogP contribution is 2.10. The van der Waals surface area contributed by atoms with E-state index in [9.17, 15) is 0 Å². The topological polar surface area (TPSA) is 18.6 Å². The van der Waals surface area contributed by atoms with E-state index < -0.39 is 0 Å². The number of nitrogens with zero attached hydrogens (tertiary/aromatic N) is 1. The van der Waals surface area contributed by atoms with Crippen molar-refractivity contribution in [3.05, 3.63) is 94.8 Å². The van der Waals surface area contributed by atoms with Crippen molar-refractivity contribution in [3.63, 3.8) is 0 Å². The molecule has 0 aliphatic heterocycles. The summed E-state index contributed by atoms with van der Waals surface area (Å²) in [4.78, 5) is 1.58. The molecular weight excluding hydrogens is 344 g/mol. The second kappa shape index (κ2) is 10.3. The molecule has 0 saturated carbocycles. The number of hydrogen-bond acceptors (Lipinski definition) is 1. The van der Waals surface area contributed by atoms with E-state index in [1.165, 1.54) is 27.9 Å². The van der Waals surface area contributed by atoms with Crippen LogP contribution in [0.15, 0.2) is 66.9 Å². The zero-order chi connectivity index (χ0) is 19.8. The molecule has 0 aliphatic carbocycles. The van der Waals surface area contributed by atoms with Gasteiger partial charge < -0.3 is 14.2 Å². The number of benzene rings is 2. The van der Waals surface area contributed by atoms with Crippen molar-refractivity contribution in [2.75, 3.05) is 20.3 Å². The first-order valence-corrected chi connectivity index (χ1v) is 10.2. The number of aryl methyl sites for hydroxylation is 2. The fourth-order valence-electron chi connectivity index (χ4n) is 3.84. The van der Waals surface area contributed by atoms with Gasteiger partial charge in [-0.15, -0.1) is 0 Å². The van der Waals surface area contributed by atoms with E-state index in [0.29, 0.717) is 0 Å². The van der Waals surface area contributed by atoms with Crippen molar-refractivity contribution >= 4 is 0 Å².